The maximum absolute atomic E-state index is 6.09. The third kappa shape index (κ3) is 5.74. The Balaban J connectivity index is 0.00000256. The lowest BCUT2D eigenvalue weighted by Crippen LogP contribution is -3.00. The van der Waals surface area contributed by atoms with E-state index in [1.165, 1.54) is 0 Å². The molecule has 2 aromatic carbocycles. The van der Waals surface area contributed by atoms with Gasteiger partial charge in [-0.25, -0.2) is 4.99 Å². The number of benzene rings is 2. The number of rotatable bonds is 6. The van der Waals surface area contributed by atoms with Crippen molar-refractivity contribution in [2.24, 2.45) is 4.99 Å². The number of halogens is 2. The zero-order chi connectivity index (χ0) is 20.1. The molecule has 0 atom stereocenters. The molecule has 0 saturated carbocycles. The molecule has 0 radical (unpaired) electrons. The summed E-state index contributed by atoms with van der Waals surface area (Å²) in [6, 6.07) is 15.8. The molecule has 0 amide bonds. The van der Waals surface area contributed by atoms with Gasteiger partial charge in [0.2, 0.25) is 0 Å². The van der Waals surface area contributed by atoms with Gasteiger partial charge in [-0.1, -0.05) is 23.7 Å². The first-order valence-electron chi connectivity index (χ1n) is 9.66. The minimum Gasteiger partial charge on any atom is -1.00 e. The normalized spacial score (nSPS) is 15.1. The highest BCUT2D eigenvalue weighted by atomic mass is 79.9. The first-order valence-corrected chi connectivity index (χ1v) is 10.9. The van der Waals surface area contributed by atoms with Gasteiger partial charge in [0.15, 0.2) is 4.80 Å². The number of hydrogen-bond donors (Lipinski definition) is 0. The molecule has 8 heteroatoms. The molecule has 1 aliphatic rings. The summed E-state index contributed by atoms with van der Waals surface area (Å²) in [5.41, 5.74) is 3.21. The Bertz CT molecular complexity index is 996. The second-order valence-electron chi connectivity index (χ2n) is 6.83. The van der Waals surface area contributed by atoms with Gasteiger partial charge in [-0.2, -0.15) is 0 Å². The van der Waals surface area contributed by atoms with Crippen LogP contribution in [0.1, 0.15) is 0 Å². The highest BCUT2D eigenvalue weighted by Gasteiger charge is 2.13. The van der Waals surface area contributed by atoms with Crippen molar-refractivity contribution in [1.82, 2.24) is 9.47 Å². The predicted molar refractivity (Wildman–Crippen MR) is 118 cm³/mol. The summed E-state index contributed by atoms with van der Waals surface area (Å²) in [5, 5.41) is 2.91. The maximum atomic E-state index is 6.09. The Hall–Kier alpha value is -1.64. The third-order valence-corrected chi connectivity index (χ3v) is 6.09. The standard InChI is InChI=1S/C22H24ClN3O2S.BrH/c1-27-20-8-6-19(7-9-20)24-22-26(11-10-25-12-14-28-15-13-25)21(16-29-22)17-2-4-18(23)5-3-17;/h2-9,16H,10-15H2,1H3;1H/p-1. The van der Waals surface area contributed by atoms with Crippen molar-refractivity contribution < 1.29 is 26.5 Å². The lowest BCUT2D eigenvalue weighted by Gasteiger charge is -2.26. The molecule has 1 aromatic heterocycles. The van der Waals surface area contributed by atoms with E-state index in [9.17, 15) is 0 Å². The molecular formula is C22H24BrClN3O2S-. The lowest BCUT2D eigenvalue weighted by atomic mass is 10.2. The van der Waals surface area contributed by atoms with Crippen molar-refractivity contribution in [1.29, 1.82) is 0 Å². The van der Waals surface area contributed by atoms with E-state index < -0.39 is 0 Å². The van der Waals surface area contributed by atoms with Crippen LogP contribution in [0.25, 0.3) is 11.3 Å². The number of methoxy groups -OCH3 is 1. The van der Waals surface area contributed by atoms with Gasteiger partial charge < -0.3 is 31.0 Å². The third-order valence-electron chi connectivity index (χ3n) is 4.98. The van der Waals surface area contributed by atoms with Crippen molar-refractivity contribution >= 4 is 28.6 Å². The van der Waals surface area contributed by atoms with Crippen molar-refractivity contribution in [2.75, 3.05) is 40.0 Å². The number of morpholine rings is 1. The summed E-state index contributed by atoms with van der Waals surface area (Å²) in [5.74, 6) is 0.831. The van der Waals surface area contributed by atoms with Gasteiger partial charge in [0.05, 0.1) is 31.7 Å². The summed E-state index contributed by atoms with van der Waals surface area (Å²) < 4.78 is 13.0. The molecule has 0 bridgehead atoms. The molecule has 4 rings (SSSR count). The summed E-state index contributed by atoms with van der Waals surface area (Å²) in [6.45, 7) is 5.41. The van der Waals surface area contributed by atoms with Crippen molar-refractivity contribution in [3.05, 3.63) is 63.7 Å². The van der Waals surface area contributed by atoms with E-state index in [4.69, 9.17) is 26.1 Å². The average molecular weight is 510 g/mol. The van der Waals surface area contributed by atoms with Crippen LogP contribution >= 0.6 is 22.9 Å². The largest absolute Gasteiger partial charge is 1.00 e. The number of ether oxygens (including phenoxy) is 2. The SMILES string of the molecule is COc1ccc(N=c2scc(-c3ccc(Cl)cc3)n2CCN2CCOCC2)cc1.[Br-]. The zero-order valence-corrected chi connectivity index (χ0v) is 19.9. The van der Waals surface area contributed by atoms with Gasteiger partial charge in [-0.3, -0.25) is 4.90 Å². The van der Waals surface area contributed by atoms with E-state index in [-0.39, 0.29) is 17.0 Å². The number of nitrogens with zero attached hydrogens (tertiary/aromatic N) is 3. The molecule has 1 saturated heterocycles. The fourth-order valence-electron chi connectivity index (χ4n) is 3.32. The Morgan fingerprint density at radius 1 is 1.03 bits per heavy atom. The van der Waals surface area contributed by atoms with Crippen LogP contribution in [0.2, 0.25) is 5.02 Å². The van der Waals surface area contributed by atoms with E-state index in [2.05, 4.69) is 27.0 Å². The molecule has 2 heterocycles. The number of aromatic nitrogens is 1. The van der Waals surface area contributed by atoms with Gasteiger partial charge in [0, 0.05) is 36.6 Å². The minimum atomic E-state index is 0. The summed E-state index contributed by atoms with van der Waals surface area (Å²) >= 11 is 7.74. The van der Waals surface area contributed by atoms with E-state index >= 15 is 0 Å². The number of thiazole rings is 1. The average Bonchev–Trinajstić information content (AvgIpc) is 3.16. The first kappa shape index (κ1) is 23.0. The maximum Gasteiger partial charge on any atom is 0.190 e. The molecule has 0 unspecified atom stereocenters. The van der Waals surface area contributed by atoms with E-state index in [0.717, 1.165) is 71.9 Å². The Morgan fingerprint density at radius 3 is 2.40 bits per heavy atom. The van der Waals surface area contributed by atoms with E-state index in [1.54, 1.807) is 18.4 Å². The van der Waals surface area contributed by atoms with Gasteiger partial charge >= 0.3 is 0 Å². The molecular weight excluding hydrogens is 486 g/mol. The van der Waals surface area contributed by atoms with Crippen molar-refractivity contribution in [2.45, 2.75) is 6.54 Å². The van der Waals surface area contributed by atoms with Crippen LogP contribution in [0.3, 0.4) is 0 Å². The van der Waals surface area contributed by atoms with Gasteiger partial charge in [-0.05, 0) is 42.0 Å². The van der Waals surface area contributed by atoms with Crippen LogP contribution < -0.4 is 26.5 Å². The Morgan fingerprint density at radius 2 is 1.73 bits per heavy atom. The molecule has 1 aliphatic heterocycles. The van der Waals surface area contributed by atoms with Crippen LogP contribution in [-0.2, 0) is 11.3 Å². The second kappa shape index (κ2) is 11.1. The predicted octanol–water partition coefficient (Wildman–Crippen LogP) is 1.45. The molecule has 160 valence electrons. The second-order valence-corrected chi connectivity index (χ2v) is 8.10. The van der Waals surface area contributed by atoms with Crippen molar-refractivity contribution in [3.63, 3.8) is 0 Å². The van der Waals surface area contributed by atoms with E-state index in [0.29, 0.717) is 0 Å². The molecule has 30 heavy (non-hydrogen) atoms. The van der Waals surface area contributed by atoms with Crippen LogP contribution in [0, 0.1) is 0 Å². The highest BCUT2D eigenvalue weighted by Crippen LogP contribution is 2.23. The Kier molecular flexibility index (Phi) is 8.53. The monoisotopic (exact) mass is 508 g/mol. The minimum absolute atomic E-state index is 0. The molecule has 5 nitrogen and oxygen atoms in total. The number of hydrogen-bond acceptors (Lipinski definition) is 5. The molecule has 0 aliphatic carbocycles. The Labute approximate surface area is 196 Å². The molecule has 0 N–H and O–H groups in total. The van der Waals surface area contributed by atoms with Crippen LogP contribution in [0.5, 0.6) is 5.75 Å². The van der Waals surface area contributed by atoms with Gasteiger partial charge in [0.1, 0.15) is 5.75 Å². The van der Waals surface area contributed by atoms with Crippen LogP contribution in [0.4, 0.5) is 5.69 Å². The van der Waals surface area contributed by atoms with Crippen LogP contribution in [-0.4, -0.2) is 49.4 Å². The lowest BCUT2D eigenvalue weighted by molar-refractivity contribution is -0.00000762. The summed E-state index contributed by atoms with van der Waals surface area (Å²) in [6.07, 6.45) is 0. The van der Waals surface area contributed by atoms with Gasteiger partial charge in [0.25, 0.3) is 0 Å². The first-order chi connectivity index (χ1) is 14.2. The van der Waals surface area contributed by atoms with E-state index in [1.807, 2.05) is 36.4 Å². The van der Waals surface area contributed by atoms with Gasteiger partial charge in [-0.15, -0.1) is 11.3 Å². The molecule has 3 aromatic rings. The summed E-state index contributed by atoms with van der Waals surface area (Å²) in [4.78, 5) is 8.32. The molecule has 0 spiro atoms. The topological polar surface area (TPSA) is 39.0 Å². The zero-order valence-electron chi connectivity index (χ0n) is 16.8. The fourth-order valence-corrected chi connectivity index (χ4v) is 4.40. The smallest absolute Gasteiger partial charge is 0.190 e. The quantitative estimate of drug-likeness (QED) is 0.505. The molecule has 1 fully saturated rings. The highest BCUT2D eigenvalue weighted by molar-refractivity contribution is 7.07. The summed E-state index contributed by atoms with van der Waals surface area (Å²) in [7, 11) is 1.67. The van der Waals surface area contributed by atoms with Crippen LogP contribution in [0.15, 0.2) is 58.9 Å². The van der Waals surface area contributed by atoms with Crippen molar-refractivity contribution in [3.8, 4) is 17.0 Å². The fraction of sp³-hybridized carbons (Fsp3) is 0.318.